The molecule has 0 bridgehead atoms. The number of alkyl halides is 1. The maximum absolute atomic E-state index is 11.6. The standard InChI is InChI=1S/C9H16INO2/c1-8(2,10)7(12)13-9(3)4-5-11-6-9/h11H,4-6H2,1-3H3. The summed E-state index contributed by atoms with van der Waals surface area (Å²) in [7, 11) is 0. The van der Waals surface area contributed by atoms with Gasteiger partial charge in [0.1, 0.15) is 9.02 Å². The molecule has 1 fully saturated rings. The minimum Gasteiger partial charge on any atom is -0.457 e. The van der Waals surface area contributed by atoms with E-state index in [1.54, 1.807) is 0 Å². The lowest BCUT2D eigenvalue weighted by atomic mass is 10.1. The number of hydrogen-bond donors (Lipinski definition) is 1. The Kier molecular flexibility index (Phi) is 3.22. The zero-order valence-corrected chi connectivity index (χ0v) is 10.5. The fraction of sp³-hybridized carbons (Fsp3) is 0.889. The molecule has 0 saturated carbocycles. The molecule has 3 nitrogen and oxygen atoms in total. The Morgan fingerprint density at radius 3 is 2.62 bits per heavy atom. The molecular formula is C9H16INO2. The van der Waals surface area contributed by atoms with Gasteiger partial charge in [0.05, 0.1) is 0 Å². The van der Waals surface area contributed by atoms with Gasteiger partial charge in [-0.15, -0.1) is 0 Å². The van der Waals surface area contributed by atoms with Gasteiger partial charge in [-0.3, -0.25) is 4.79 Å². The predicted molar refractivity (Wildman–Crippen MR) is 60.1 cm³/mol. The molecule has 1 saturated heterocycles. The first-order valence-electron chi connectivity index (χ1n) is 4.47. The SMILES string of the molecule is CC1(OC(=O)C(C)(C)I)CCNC1. The smallest absolute Gasteiger partial charge is 0.322 e. The maximum Gasteiger partial charge on any atom is 0.322 e. The third-order valence-corrected chi connectivity index (χ3v) is 2.59. The zero-order chi connectivity index (χ0) is 10.1. The van der Waals surface area contributed by atoms with Crippen LogP contribution in [-0.4, -0.2) is 28.1 Å². The van der Waals surface area contributed by atoms with Crippen molar-refractivity contribution in [2.75, 3.05) is 13.1 Å². The maximum atomic E-state index is 11.6. The van der Waals surface area contributed by atoms with Crippen LogP contribution in [0.5, 0.6) is 0 Å². The third kappa shape index (κ3) is 3.09. The Hall–Kier alpha value is 0.160. The fourth-order valence-electron chi connectivity index (χ4n) is 1.23. The molecule has 76 valence electrons. The molecule has 0 aromatic rings. The van der Waals surface area contributed by atoms with E-state index in [-0.39, 0.29) is 11.6 Å². The van der Waals surface area contributed by atoms with Gasteiger partial charge in [-0.25, -0.2) is 0 Å². The highest BCUT2D eigenvalue weighted by molar-refractivity contribution is 14.1. The number of nitrogens with one attached hydrogen (secondary N) is 1. The van der Waals surface area contributed by atoms with Crippen LogP contribution in [0.15, 0.2) is 0 Å². The second kappa shape index (κ2) is 3.73. The van der Waals surface area contributed by atoms with E-state index >= 15 is 0 Å². The molecule has 1 unspecified atom stereocenters. The first-order valence-corrected chi connectivity index (χ1v) is 5.54. The number of esters is 1. The van der Waals surface area contributed by atoms with Crippen molar-refractivity contribution < 1.29 is 9.53 Å². The topological polar surface area (TPSA) is 38.3 Å². The van der Waals surface area contributed by atoms with E-state index in [0.717, 1.165) is 19.5 Å². The number of rotatable bonds is 2. The number of halogens is 1. The summed E-state index contributed by atoms with van der Waals surface area (Å²) in [5.41, 5.74) is -0.292. The van der Waals surface area contributed by atoms with Crippen molar-refractivity contribution in [1.82, 2.24) is 5.32 Å². The summed E-state index contributed by atoms with van der Waals surface area (Å²) in [6.07, 6.45) is 0.908. The van der Waals surface area contributed by atoms with Crippen LogP contribution in [0, 0.1) is 0 Å². The van der Waals surface area contributed by atoms with Crippen molar-refractivity contribution >= 4 is 28.6 Å². The molecule has 0 aliphatic carbocycles. The van der Waals surface area contributed by atoms with Crippen LogP contribution in [0.3, 0.4) is 0 Å². The van der Waals surface area contributed by atoms with Gasteiger partial charge in [-0.1, -0.05) is 22.6 Å². The minimum atomic E-state index is -0.427. The Morgan fingerprint density at radius 2 is 2.23 bits per heavy atom. The van der Waals surface area contributed by atoms with Gasteiger partial charge < -0.3 is 10.1 Å². The second-order valence-electron chi connectivity index (χ2n) is 4.24. The van der Waals surface area contributed by atoms with Crippen molar-refractivity contribution in [2.45, 2.75) is 36.2 Å². The summed E-state index contributed by atoms with van der Waals surface area (Å²) in [5.74, 6) is -0.126. The van der Waals surface area contributed by atoms with Gasteiger partial charge in [0.25, 0.3) is 0 Å². The van der Waals surface area contributed by atoms with Crippen LogP contribution < -0.4 is 5.32 Å². The lowest BCUT2D eigenvalue weighted by molar-refractivity contribution is -0.157. The van der Waals surface area contributed by atoms with Crippen molar-refractivity contribution in [3.05, 3.63) is 0 Å². The monoisotopic (exact) mass is 297 g/mol. The number of carbonyl (C=O) groups is 1. The molecular weight excluding hydrogens is 281 g/mol. The van der Waals surface area contributed by atoms with Crippen molar-refractivity contribution in [3.8, 4) is 0 Å². The predicted octanol–water partition coefficient (Wildman–Crippen LogP) is 1.50. The van der Waals surface area contributed by atoms with E-state index in [4.69, 9.17) is 4.74 Å². The van der Waals surface area contributed by atoms with Crippen molar-refractivity contribution in [1.29, 1.82) is 0 Å². The largest absolute Gasteiger partial charge is 0.457 e. The quantitative estimate of drug-likeness (QED) is 0.477. The van der Waals surface area contributed by atoms with E-state index < -0.39 is 3.42 Å². The normalized spacial score (nSPS) is 28.9. The summed E-state index contributed by atoms with van der Waals surface area (Å²) >= 11 is 2.10. The van der Waals surface area contributed by atoms with Crippen LogP contribution in [-0.2, 0) is 9.53 Å². The summed E-state index contributed by atoms with van der Waals surface area (Å²) in [6.45, 7) is 7.41. The van der Waals surface area contributed by atoms with E-state index in [2.05, 4.69) is 27.9 Å². The molecule has 0 aromatic carbocycles. The molecule has 1 aliphatic heterocycles. The van der Waals surface area contributed by atoms with Crippen molar-refractivity contribution in [2.24, 2.45) is 0 Å². The number of carbonyl (C=O) groups excluding carboxylic acids is 1. The highest BCUT2D eigenvalue weighted by atomic mass is 127. The molecule has 1 N–H and O–H groups in total. The number of ether oxygens (including phenoxy) is 1. The second-order valence-corrected chi connectivity index (χ2v) is 6.94. The summed E-state index contributed by atoms with van der Waals surface area (Å²) in [6, 6.07) is 0. The Balaban J connectivity index is 2.53. The highest BCUT2D eigenvalue weighted by Crippen LogP contribution is 2.25. The van der Waals surface area contributed by atoms with Crippen LogP contribution in [0.1, 0.15) is 27.2 Å². The van der Waals surface area contributed by atoms with Gasteiger partial charge in [0.2, 0.25) is 0 Å². The average molecular weight is 297 g/mol. The van der Waals surface area contributed by atoms with Crippen LogP contribution in [0.25, 0.3) is 0 Å². The highest BCUT2D eigenvalue weighted by Gasteiger charge is 2.36. The molecule has 1 heterocycles. The molecule has 0 radical (unpaired) electrons. The minimum absolute atomic E-state index is 0.126. The molecule has 13 heavy (non-hydrogen) atoms. The number of hydrogen-bond acceptors (Lipinski definition) is 3. The average Bonchev–Trinajstić information content (AvgIpc) is 2.33. The molecule has 0 aromatic heterocycles. The molecule has 1 rings (SSSR count). The Labute approximate surface area is 92.7 Å². The lowest BCUT2D eigenvalue weighted by Crippen LogP contribution is -2.39. The first kappa shape index (κ1) is 11.2. The lowest BCUT2D eigenvalue weighted by Gasteiger charge is -2.27. The van der Waals surface area contributed by atoms with Gasteiger partial charge in [0, 0.05) is 13.0 Å². The van der Waals surface area contributed by atoms with E-state index in [0.29, 0.717) is 0 Å². The third-order valence-electron chi connectivity index (χ3n) is 2.15. The molecule has 0 amide bonds. The Bertz CT molecular complexity index is 204. The van der Waals surface area contributed by atoms with E-state index in [9.17, 15) is 4.79 Å². The molecule has 1 aliphatic rings. The fourth-order valence-corrected chi connectivity index (χ4v) is 1.34. The van der Waals surface area contributed by atoms with E-state index in [1.165, 1.54) is 0 Å². The van der Waals surface area contributed by atoms with Crippen LogP contribution in [0.4, 0.5) is 0 Å². The van der Waals surface area contributed by atoms with Gasteiger partial charge in [-0.2, -0.15) is 0 Å². The summed E-state index contributed by atoms with van der Waals surface area (Å²) in [4.78, 5) is 11.6. The van der Waals surface area contributed by atoms with Gasteiger partial charge in [0.15, 0.2) is 0 Å². The van der Waals surface area contributed by atoms with Gasteiger partial charge >= 0.3 is 5.97 Å². The van der Waals surface area contributed by atoms with Crippen LogP contribution in [0.2, 0.25) is 0 Å². The van der Waals surface area contributed by atoms with Crippen molar-refractivity contribution in [3.63, 3.8) is 0 Å². The molecule has 4 heteroatoms. The summed E-state index contributed by atoms with van der Waals surface area (Å²) in [5, 5.41) is 3.19. The van der Waals surface area contributed by atoms with E-state index in [1.807, 2.05) is 20.8 Å². The zero-order valence-electron chi connectivity index (χ0n) is 8.32. The van der Waals surface area contributed by atoms with Gasteiger partial charge in [-0.05, 0) is 27.3 Å². The summed E-state index contributed by atoms with van der Waals surface area (Å²) < 4.78 is 5.03. The molecule has 1 atom stereocenters. The van der Waals surface area contributed by atoms with Crippen LogP contribution >= 0.6 is 22.6 Å². The first-order chi connectivity index (χ1) is 5.83. The Morgan fingerprint density at radius 1 is 1.62 bits per heavy atom. The molecule has 0 spiro atoms.